The number of carboxylic acid groups (broad SMARTS) is 1. The molecule has 1 aromatic carbocycles. The van der Waals surface area contributed by atoms with E-state index in [0.29, 0.717) is 6.54 Å². The Bertz CT molecular complexity index is 479. The lowest BCUT2D eigenvalue weighted by atomic mass is 10.1. The van der Waals surface area contributed by atoms with E-state index in [1.54, 1.807) is 6.92 Å². The van der Waals surface area contributed by atoms with Crippen LogP contribution in [0.4, 0.5) is 5.69 Å². The molecule has 1 N–H and O–H groups in total. The van der Waals surface area contributed by atoms with Crippen molar-refractivity contribution in [1.29, 1.82) is 0 Å². The number of nitrogens with zero attached hydrogens (tertiary/aromatic N) is 2. The Labute approximate surface area is 121 Å². The van der Waals surface area contributed by atoms with Crippen LogP contribution in [0.25, 0.3) is 0 Å². The summed E-state index contributed by atoms with van der Waals surface area (Å²) in [5.74, 6) is -0.996. The highest BCUT2D eigenvalue weighted by Crippen LogP contribution is 2.23. The van der Waals surface area contributed by atoms with Crippen LogP contribution in [0.5, 0.6) is 0 Å². The molecule has 4 nitrogen and oxygen atoms in total. The Hall–Kier alpha value is -1.55. The fraction of sp³-hybridized carbons (Fsp3) is 0.562. The summed E-state index contributed by atoms with van der Waals surface area (Å²) in [6.45, 7) is 10.5. The average molecular weight is 276 g/mol. The maximum atomic E-state index is 10.9. The van der Waals surface area contributed by atoms with Gasteiger partial charge >= 0.3 is 5.97 Å². The van der Waals surface area contributed by atoms with Crippen molar-refractivity contribution in [3.8, 4) is 0 Å². The van der Waals surface area contributed by atoms with Gasteiger partial charge in [0.1, 0.15) is 0 Å². The minimum Gasteiger partial charge on any atom is -0.481 e. The SMILES string of the molecule is Cc1cccc(N2CCN(CC(C)C(=O)O)CC2)c1C. The molecule has 1 atom stereocenters. The third-order valence-electron chi connectivity index (χ3n) is 4.24. The number of piperazine rings is 1. The van der Waals surface area contributed by atoms with Gasteiger partial charge in [-0.15, -0.1) is 0 Å². The standard InChI is InChI=1S/C16H24N2O2/c1-12-5-4-6-15(14(12)3)18-9-7-17(8-10-18)11-13(2)16(19)20/h4-6,13H,7-11H2,1-3H3,(H,19,20). The molecule has 0 aromatic heterocycles. The molecule has 0 amide bonds. The summed E-state index contributed by atoms with van der Waals surface area (Å²) in [7, 11) is 0. The second-order valence-corrected chi connectivity index (χ2v) is 5.75. The highest BCUT2D eigenvalue weighted by Gasteiger charge is 2.22. The summed E-state index contributed by atoms with van der Waals surface area (Å²) in [6, 6.07) is 6.43. The summed E-state index contributed by atoms with van der Waals surface area (Å²) in [5, 5.41) is 8.97. The van der Waals surface area contributed by atoms with E-state index in [9.17, 15) is 4.79 Å². The van der Waals surface area contributed by atoms with Crippen LogP contribution < -0.4 is 4.90 Å². The topological polar surface area (TPSA) is 43.8 Å². The second-order valence-electron chi connectivity index (χ2n) is 5.75. The summed E-state index contributed by atoms with van der Waals surface area (Å²) in [6.07, 6.45) is 0. The Morgan fingerprint density at radius 2 is 1.90 bits per heavy atom. The van der Waals surface area contributed by atoms with E-state index < -0.39 is 5.97 Å². The van der Waals surface area contributed by atoms with Crippen molar-refractivity contribution in [2.45, 2.75) is 20.8 Å². The van der Waals surface area contributed by atoms with Crippen LogP contribution >= 0.6 is 0 Å². The Balaban J connectivity index is 1.94. The third-order valence-corrected chi connectivity index (χ3v) is 4.24. The normalized spacial score (nSPS) is 18.1. The van der Waals surface area contributed by atoms with Crippen LogP contribution in [-0.2, 0) is 4.79 Å². The van der Waals surface area contributed by atoms with Gasteiger partial charge in [-0.2, -0.15) is 0 Å². The van der Waals surface area contributed by atoms with Gasteiger partial charge in [0.05, 0.1) is 5.92 Å². The van der Waals surface area contributed by atoms with Gasteiger partial charge in [-0.1, -0.05) is 19.1 Å². The van der Waals surface area contributed by atoms with Gasteiger partial charge in [0.25, 0.3) is 0 Å². The van der Waals surface area contributed by atoms with E-state index >= 15 is 0 Å². The van der Waals surface area contributed by atoms with Crippen LogP contribution in [0.15, 0.2) is 18.2 Å². The first-order chi connectivity index (χ1) is 9.49. The predicted octanol–water partition coefficient (Wildman–Crippen LogP) is 2.15. The van der Waals surface area contributed by atoms with E-state index in [2.05, 4.69) is 41.8 Å². The fourth-order valence-corrected chi connectivity index (χ4v) is 2.71. The fourth-order valence-electron chi connectivity index (χ4n) is 2.71. The molecule has 1 fully saturated rings. The highest BCUT2D eigenvalue weighted by atomic mass is 16.4. The molecule has 1 unspecified atom stereocenters. The maximum absolute atomic E-state index is 10.9. The Kier molecular flexibility index (Phi) is 4.65. The molecular weight excluding hydrogens is 252 g/mol. The largest absolute Gasteiger partial charge is 0.481 e. The summed E-state index contributed by atoms with van der Waals surface area (Å²) < 4.78 is 0. The Morgan fingerprint density at radius 1 is 1.25 bits per heavy atom. The van der Waals surface area contributed by atoms with Crippen molar-refractivity contribution in [2.24, 2.45) is 5.92 Å². The van der Waals surface area contributed by atoms with E-state index in [-0.39, 0.29) is 5.92 Å². The first kappa shape index (κ1) is 14.9. The number of aryl methyl sites for hydroxylation is 1. The van der Waals surface area contributed by atoms with Crippen molar-refractivity contribution >= 4 is 11.7 Å². The molecule has 0 saturated carbocycles. The smallest absolute Gasteiger partial charge is 0.307 e. The monoisotopic (exact) mass is 276 g/mol. The molecule has 20 heavy (non-hydrogen) atoms. The molecule has 1 saturated heterocycles. The molecule has 1 heterocycles. The summed E-state index contributed by atoms with van der Waals surface area (Å²) in [5.41, 5.74) is 3.99. The highest BCUT2D eigenvalue weighted by molar-refractivity contribution is 5.69. The van der Waals surface area contributed by atoms with E-state index in [1.165, 1.54) is 16.8 Å². The first-order valence-electron chi connectivity index (χ1n) is 7.25. The molecule has 1 aromatic rings. The number of hydrogen-bond donors (Lipinski definition) is 1. The van der Waals surface area contributed by atoms with E-state index in [0.717, 1.165) is 26.2 Å². The number of anilines is 1. The van der Waals surface area contributed by atoms with E-state index in [4.69, 9.17) is 5.11 Å². The van der Waals surface area contributed by atoms with Crippen LogP contribution in [0, 0.1) is 19.8 Å². The number of carboxylic acids is 1. The zero-order chi connectivity index (χ0) is 14.7. The van der Waals surface area contributed by atoms with Crippen LogP contribution in [0.3, 0.4) is 0 Å². The zero-order valence-corrected chi connectivity index (χ0v) is 12.6. The van der Waals surface area contributed by atoms with Gasteiger partial charge in [0.15, 0.2) is 0 Å². The molecule has 4 heteroatoms. The van der Waals surface area contributed by atoms with Gasteiger partial charge < -0.3 is 10.0 Å². The first-order valence-corrected chi connectivity index (χ1v) is 7.25. The summed E-state index contributed by atoms with van der Waals surface area (Å²) >= 11 is 0. The lowest BCUT2D eigenvalue weighted by Gasteiger charge is -2.37. The van der Waals surface area contributed by atoms with Crippen molar-refractivity contribution < 1.29 is 9.90 Å². The molecule has 2 rings (SSSR count). The molecule has 0 aliphatic carbocycles. The minimum absolute atomic E-state index is 0.290. The average Bonchev–Trinajstić information content (AvgIpc) is 2.43. The van der Waals surface area contributed by atoms with Crippen LogP contribution in [0.2, 0.25) is 0 Å². The lowest BCUT2D eigenvalue weighted by molar-refractivity contribution is -0.141. The quantitative estimate of drug-likeness (QED) is 0.915. The van der Waals surface area contributed by atoms with Gasteiger partial charge in [-0.25, -0.2) is 0 Å². The van der Waals surface area contributed by atoms with Gasteiger partial charge in [0.2, 0.25) is 0 Å². The zero-order valence-electron chi connectivity index (χ0n) is 12.6. The third kappa shape index (κ3) is 3.31. The van der Waals surface area contributed by atoms with Crippen molar-refractivity contribution in [3.05, 3.63) is 29.3 Å². The number of benzene rings is 1. The van der Waals surface area contributed by atoms with E-state index in [1.807, 2.05) is 0 Å². The summed E-state index contributed by atoms with van der Waals surface area (Å²) in [4.78, 5) is 15.6. The molecule has 0 bridgehead atoms. The van der Waals surface area contributed by atoms with Crippen LogP contribution in [0.1, 0.15) is 18.1 Å². The van der Waals surface area contributed by atoms with Crippen molar-refractivity contribution in [1.82, 2.24) is 4.90 Å². The number of hydrogen-bond acceptors (Lipinski definition) is 3. The van der Waals surface area contributed by atoms with Crippen molar-refractivity contribution in [2.75, 3.05) is 37.6 Å². The minimum atomic E-state index is -0.707. The van der Waals surface area contributed by atoms with Gasteiger partial charge in [-0.3, -0.25) is 9.69 Å². The lowest BCUT2D eigenvalue weighted by Crippen LogP contribution is -2.48. The molecular formula is C16H24N2O2. The Morgan fingerprint density at radius 3 is 2.50 bits per heavy atom. The number of aliphatic carboxylic acids is 1. The molecule has 1 aliphatic rings. The second kappa shape index (κ2) is 6.27. The van der Waals surface area contributed by atoms with Crippen molar-refractivity contribution in [3.63, 3.8) is 0 Å². The van der Waals surface area contributed by atoms with Gasteiger partial charge in [0, 0.05) is 38.4 Å². The number of carbonyl (C=O) groups is 1. The predicted molar refractivity (Wildman–Crippen MR) is 81.4 cm³/mol. The molecule has 1 aliphatic heterocycles. The molecule has 110 valence electrons. The molecule has 0 spiro atoms. The van der Waals surface area contributed by atoms with Gasteiger partial charge in [-0.05, 0) is 31.0 Å². The van der Waals surface area contributed by atoms with Crippen LogP contribution in [-0.4, -0.2) is 48.7 Å². The number of rotatable bonds is 4. The molecule has 0 radical (unpaired) electrons. The maximum Gasteiger partial charge on any atom is 0.307 e.